The summed E-state index contributed by atoms with van der Waals surface area (Å²) in [6, 6.07) is 1.10. The zero-order chi connectivity index (χ0) is 8.27. The Morgan fingerprint density at radius 2 is 2.09 bits per heavy atom. The maximum absolute atomic E-state index is 9.35. The maximum Gasteiger partial charge on any atom is 0.0555 e. The molecule has 0 aromatic heterocycles. The van der Waals surface area contributed by atoms with E-state index in [9.17, 15) is 5.11 Å². The van der Waals surface area contributed by atoms with Crippen molar-refractivity contribution in [1.82, 2.24) is 5.32 Å². The SMILES string of the molecule is CC(C)N[C@H]1CCC[C@@H](O)C1. The number of hydrogen-bond acceptors (Lipinski definition) is 2. The Hall–Kier alpha value is -0.0800. The van der Waals surface area contributed by atoms with E-state index in [1.807, 2.05) is 0 Å². The lowest BCUT2D eigenvalue weighted by atomic mass is 9.93. The first-order valence-corrected chi connectivity index (χ1v) is 4.62. The second-order valence-corrected chi connectivity index (χ2v) is 3.84. The van der Waals surface area contributed by atoms with Gasteiger partial charge in [0.15, 0.2) is 0 Å². The Morgan fingerprint density at radius 1 is 1.36 bits per heavy atom. The summed E-state index contributed by atoms with van der Waals surface area (Å²) in [6.45, 7) is 4.31. The molecule has 0 amide bonds. The molecule has 2 nitrogen and oxygen atoms in total. The number of aliphatic hydroxyl groups excluding tert-OH is 1. The molecule has 2 atom stereocenters. The predicted octanol–water partition coefficient (Wildman–Crippen LogP) is 1.29. The van der Waals surface area contributed by atoms with Crippen molar-refractivity contribution in [1.29, 1.82) is 0 Å². The van der Waals surface area contributed by atoms with Crippen molar-refractivity contribution in [2.45, 2.75) is 57.7 Å². The highest BCUT2D eigenvalue weighted by atomic mass is 16.3. The van der Waals surface area contributed by atoms with Crippen LogP contribution in [0.15, 0.2) is 0 Å². The molecule has 2 heteroatoms. The van der Waals surface area contributed by atoms with E-state index in [-0.39, 0.29) is 6.10 Å². The Labute approximate surface area is 69.0 Å². The molecule has 11 heavy (non-hydrogen) atoms. The molecule has 2 N–H and O–H groups in total. The third-order valence-corrected chi connectivity index (χ3v) is 2.22. The van der Waals surface area contributed by atoms with Gasteiger partial charge in [-0.2, -0.15) is 0 Å². The van der Waals surface area contributed by atoms with E-state index >= 15 is 0 Å². The van der Waals surface area contributed by atoms with Gasteiger partial charge in [-0.15, -0.1) is 0 Å². The van der Waals surface area contributed by atoms with Crippen LogP contribution in [0.2, 0.25) is 0 Å². The van der Waals surface area contributed by atoms with Crippen LogP contribution in [0.3, 0.4) is 0 Å². The normalized spacial score (nSPS) is 32.7. The fourth-order valence-electron chi connectivity index (χ4n) is 1.79. The summed E-state index contributed by atoms with van der Waals surface area (Å²) in [5.41, 5.74) is 0. The van der Waals surface area contributed by atoms with Crippen LogP contribution in [0.25, 0.3) is 0 Å². The molecule has 0 aromatic carbocycles. The molecule has 1 fully saturated rings. The van der Waals surface area contributed by atoms with Crippen molar-refractivity contribution < 1.29 is 5.11 Å². The zero-order valence-electron chi connectivity index (χ0n) is 7.51. The lowest BCUT2D eigenvalue weighted by molar-refractivity contribution is 0.110. The zero-order valence-corrected chi connectivity index (χ0v) is 7.51. The molecule has 0 heterocycles. The minimum atomic E-state index is -0.0556. The van der Waals surface area contributed by atoms with Gasteiger partial charge in [-0.05, 0) is 25.7 Å². The Balaban J connectivity index is 2.23. The average Bonchev–Trinajstić information content (AvgIpc) is 1.85. The lowest BCUT2D eigenvalue weighted by Crippen LogP contribution is -2.39. The molecule has 0 spiro atoms. The van der Waals surface area contributed by atoms with E-state index in [2.05, 4.69) is 19.2 Å². The number of rotatable bonds is 2. The molecule has 0 aliphatic heterocycles. The van der Waals surface area contributed by atoms with E-state index in [0.29, 0.717) is 12.1 Å². The molecular weight excluding hydrogens is 138 g/mol. The van der Waals surface area contributed by atoms with Crippen molar-refractivity contribution in [3.8, 4) is 0 Å². The molecule has 66 valence electrons. The molecule has 1 aliphatic carbocycles. The predicted molar refractivity (Wildman–Crippen MR) is 46.5 cm³/mol. The van der Waals surface area contributed by atoms with Gasteiger partial charge in [-0.25, -0.2) is 0 Å². The third kappa shape index (κ3) is 3.21. The number of hydrogen-bond donors (Lipinski definition) is 2. The summed E-state index contributed by atoms with van der Waals surface area (Å²) >= 11 is 0. The monoisotopic (exact) mass is 157 g/mol. The second kappa shape index (κ2) is 4.07. The van der Waals surface area contributed by atoms with Crippen molar-refractivity contribution in [2.75, 3.05) is 0 Å². The first kappa shape index (κ1) is 9.01. The fraction of sp³-hybridized carbons (Fsp3) is 1.00. The highest BCUT2D eigenvalue weighted by Crippen LogP contribution is 2.18. The van der Waals surface area contributed by atoms with Crippen molar-refractivity contribution in [3.05, 3.63) is 0 Å². The summed E-state index contributed by atoms with van der Waals surface area (Å²) in [5.74, 6) is 0. The standard InChI is InChI=1S/C9H19NO/c1-7(2)10-8-4-3-5-9(11)6-8/h7-11H,3-6H2,1-2H3/t8-,9+/m0/s1. The summed E-state index contributed by atoms with van der Waals surface area (Å²) < 4.78 is 0. The van der Waals surface area contributed by atoms with Crippen LogP contribution in [0.1, 0.15) is 39.5 Å². The Bertz CT molecular complexity index is 112. The lowest BCUT2D eigenvalue weighted by Gasteiger charge is -2.28. The number of nitrogens with one attached hydrogen (secondary N) is 1. The molecule has 1 saturated carbocycles. The van der Waals surface area contributed by atoms with Gasteiger partial charge in [0.25, 0.3) is 0 Å². The van der Waals surface area contributed by atoms with Gasteiger partial charge in [-0.3, -0.25) is 0 Å². The van der Waals surface area contributed by atoms with Crippen molar-refractivity contribution in [3.63, 3.8) is 0 Å². The van der Waals surface area contributed by atoms with E-state index < -0.39 is 0 Å². The Morgan fingerprint density at radius 3 is 2.64 bits per heavy atom. The highest BCUT2D eigenvalue weighted by molar-refractivity contribution is 4.78. The molecule has 0 bridgehead atoms. The van der Waals surface area contributed by atoms with Crippen LogP contribution < -0.4 is 5.32 Å². The van der Waals surface area contributed by atoms with E-state index in [0.717, 1.165) is 12.8 Å². The van der Waals surface area contributed by atoms with Crippen molar-refractivity contribution >= 4 is 0 Å². The molecule has 0 unspecified atom stereocenters. The largest absolute Gasteiger partial charge is 0.393 e. The van der Waals surface area contributed by atoms with Gasteiger partial charge in [0, 0.05) is 12.1 Å². The molecule has 1 aliphatic rings. The second-order valence-electron chi connectivity index (χ2n) is 3.84. The molecule has 0 aromatic rings. The topological polar surface area (TPSA) is 32.3 Å². The van der Waals surface area contributed by atoms with Crippen LogP contribution in [0.5, 0.6) is 0 Å². The van der Waals surface area contributed by atoms with Gasteiger partial charge in [0.05, 0.1) is 6.10 Å². The first-order valence-electron chi connectivity index (χ1n) is 4.62. The van der Waals surface area contributed by atoms with Crippen LogP contribution in [-0.2, 0) is 0 Å². The summed E-state index contributed by atoms with van der Waals surface area (Å²) in [6.07, 6.45) is 4.29. The number of aliphatic hydroxyl groups is 1. The quantitative estimate of drug-likeness (QED) is 0.633. The highest BCUT2D eigenvalue weighted by Gasteiger charge is 2.19. The summed E-state index contributed by atoms with van der Waals surface area (Å²) in [4.78, 5) is 0. The van der Waals surface area contributed by atoms with Crippen LogP contribution in [0, 0.1) is 0 Å². The van der Waals surface area contributed by atoms with Crippen LogP contribution in [-0.4, -0.2) is 23.3 Å². The van der Waals surface area contributed by atoms with E-state index in [4.69, 9.17) is 0 Å². The molecular formula is C9H19NO. The fourth-order valence-corrected chi connectivity index (χ4v) is 1.79. The van der Waals surface area contributed by atoms with Gasteiger partial charge in [0.2, 0.25) is 0 Å². The van der Waals surface area contributed by atoms with Crippen molar-refractivity contribution in [2.24, 2.45) is 0 Å². The molecule has 0 saturated heterocycles. The smallest absolute Gasteiger partial charge is 0.0555 e. The minimum absolute atomic E-state index is 0.0556. The molecule has 1 rings (SSSR count). The van der Waals surface area contributed by atoms with E-state index in [1.54, 1.807) is 0 Å². The van der Waals surface area contributed by atoms with Gasteiger partial charge in [-0.1, -0.05) is 13.8 Å². The van der Waals surface area contributed by atoms with Crippen LogP contribution in [0.4, 0.5) is 0 Å². The molecule has 0 radical (unpaired) electrons. The van der Waals surface area contributed by atoms with Gasteiger partial charge in [0.1, 0.15) is 0 Å². The van der Waals surface area contributed by atoms with Gasteiger partial charge < -0.3 is 10.4 Å². The Kier molecular flexibility index (Phi) is 3.34. The van der Waals surface area contributed by atoms with Crippen LogP contribution >= 0.6 is 0 Å². The maximum atomic E-state index is 9.35. The summed E-state index contributed by atoms with van der Waals surface area (Å²) in [7, 11) is 0. The average molecular weight is 157 g/mol. The minimum Gasteiger partial charge on any atom is -0.393 e. The first-order chi connectivity index (χ1) is 5.18. The summed E-state index contributed by atoms with van der Waals surface area (Å²) in [5, 5.41) is 12.8. The van der Waals surface area contributed by atoms with Gasteiger partial charge >= 0.3 is 0 Å². The van der Waals surface area contributed by atoms with E-state index in [1.165, 1.54) is 12.8 Å². The third-order valence-electron chi connectivity index (χ3n) is 2.22.